The molecule has 0 fully saturated rings. The van der Waals surface area contributed by atoms with Gasteiger partial charge in [-0.3, -0.25) is 14.9 Å². The Bertz CT molecular complexity index is 1000. The fourth-order valence-electron chi connectivity index (χ4n) is 2.56. The predicted octanol–water partition coefficient (Wildman–Crippen LogP) is 3.71. The van der Waals surface area contributed by atoms with E-state index < -0.39 is 0 Å². The fourth-order valence-corrected chi connectivity index (χ4v) is 3.55. The number of nitrogens with one attached hydrogen (secondary N) is 1. The lowest BCUT2D eigenvalue weighted by atomic mass is 10.1. The highest BCUT2D eigenvalue weighted by Gasteiger charge is 2.08. The van der Waals surface area contributed by atoms with Gasteiger partial charge < -0.3 is 9.47 Å². The molecule has 0 saturated carbocycles. The van der Waals surface area contributed by atoms with Crippen LogP contribution >= 0.6 is 27.3 Å². The van der Waals surface area contributed by atoms with Gasteiger partial charge in [-0.1, -0.05) is 0 Å². The van der Waals surface area contributed by atoms with E-state index >= 15 is 0 Å². The molecule has 1 aromatic carbocycles. The van der Waals surface area contributed by atoms with Gasteiger partial charge in [-0.05, 0) is 46.6 Å². The SMILES string of the molecule is CCOC(=O)Cc1csc(NN=Cc2ccc(OC)c(Cn3cc(Br)cn3)c2)n1. The maximum atomic E-state index is 11.5. The third-order valence-corrected chi connectivity index (χ3v) is 5.00. The summed E-state index contributed by atoms with van der Waals surface area (Å²) in [6.07, 6.45) is 5.50. The molecule has 0 atom stereocenters. The summed E-state index contributed by atoms with van der Waals surface area (Å²) in [6.45, 7) is 2.71. The van der Waals surface area contributed by atoms with E-state index in [-0.39, 0.29) is 12.4 Å². The maximum Gasteiger partial charge on any atom is 0.311 e. The topological polar surface area (TPSA) is 90.6 Å². The molecule has 3 aromatic rings. The number of anilines is 1. The van der Waals surface area contributed by atoms with Gasteiger partial charge in [-0.15, -0.1) is 11.3 Å². The number of carbonyl (C=O) groups excluding carboxylic acids is 1. The minimum Gasteiger partial charge on any atom is -0.496 e. The number of hydrogen-bond acceptors (Lipinski definition) is 8. The number of carbonyl (C=O) groups is 1. The summed E-state index contributed by atoms with van der Waals surface area (Å²) < 4.78 is 13.1. The maximum absolute atomic E-state index is 11.5. The highest BCUT2D eigenvalue weighted by Crippen LogP contribution is 2.21. The molecule has 3 rings (SSSR count). The second-order valence-electron chi connectivity index (χ2n) is 5.92. The molecule has 8 nitrogen and oxygen atoms in total. The smallest absolute Gasteiger partial charge is 0.311 e. The second kappa shape index (κ2) is 10.2. The summed E-state index contributed by atoms with van der Waals surface area (Å²) >= 11 is 4.78. The van der Waals surface area contributed by atoms with E-state index in [1.807, 2.05) is 34.5 Å². The Morgan fingerprint density at radius 3 is 3.03 bits per heavy atom. The Morgan fingerprint density at radius 2 is 2.31 bits per heavy atom. The van der Waals surface area contributed by atoms with E-state index in [4.69, 9.17) is 9.47 Å². The molecular weight excluding hydrogens is 458 g/mol. The van der Waals surface area contributed by atoms with Crippen molar-refractivity contribution in [1.29, 1.82) is 0 Å². The van der Waals surface area contributed by atoms with Crippen LogP contribution in [-0.4, -0.2) is 40.7 Å². The molecule has 0 aliphatic carbocycles. The van der Waals surface area contributed by atoms with Crippen LogP contribution in [-0.2, 0) is 22.5 Å². The first kappa shape index (κ1) is 21.0. The van der Waals surface area contributed by atoms with Crippen molar-refractivity contribution in [3.05, 3.63) is 57.3 Å². The van der Waals surface area contributed by atoms with Crippen LogP contribution in [0.15, 0.2) is 45.5 Å². The van der Waals surface area contributed by atoms with Crippen LogP contribution in [0.3, 0.4) is 0 Å². The number of methoxy groups -OCH3 is 1. The molecule has 0 aliphatic rings. The first-order valence-electron chi connectivity index (χ1n) is 8.81. The predicted molar refractivity (Wildman–Crippen MR) is 116 cm³/mol. The minimum atomic E-state index is -0.289. The third kappa shape index (κ3) is 6.13. The van der Waals surface area contributed by atoms with E-state index in [1.165, 1.54) is 11.3 Å². The first-order chi connectivity index (χ1) is 14.1. The molecule has 1 N–H and O–H groups in total. The Hall–Kier alpha value is -2.72. The van der Waals surface area contributed by atoms with Crippen molar-refractivity contribution in [1.82, 2.24) is 14.8 Å². The average molecular weight is 478 g/mol. The van der Waals surface area contributed by atoms with Crippen LogP contribution in [0.1, 0.15) is 23.7 Å². The van der Waals surface area contributed by atoms with Crippen molar-refractivity contribution in [2.75, 3.05) is 19.1 Å². The van der Waals surface area contributed by atoms with Crippen molar-refractivity contribution < 1.29 is 14.3 Å². The van der Waals surface area contributed by atoms with Crippen molar-refractivity contribution in [2.24, 2.45) is 5.10 Å². The van der Waals surface area contributed by atoms with E-state index in [0.717, 1.165) is 21.3 Å². The summed E-state index contributed by atoms with van der Waals surface area (Å²) in [4.78, 5) is 15.8. The number of hydrogen-bond donors (Lipinski definition) is 1. The normalized spacial score (nSPS) is 11.0. The summed E-state index contributed by atoms with van der Waals surface area (Å²) in [5, 5.41) is 10.9. The molecular formula is C19H20BrN5O3S. The Kier molecular flexibility index (Phi) is 7.36. The lowest BCUT2D eigenvalue weighted by molar-refractivity contribution is -0.142. The molecule has 0 amide bonds. The molecule has 0 spiro atoms. The number of esters is 1. The first-order valence-corrected chi connectivity index (χ1v) is 10.5. The largest absolute Gasteiger partial charge is 0.496 e. The van der Waals surface area contributed by atoms with Gasteiger partial charge in [0.05, 0.1) is 49.3 Å². The second-order valence-corrected chi connectivity index (χ2v) is 7.70. The third-order valence-electron chi connectivity index (χ3n) is 3.79. The highest BCUT2D eigenvalue weighted by molar-refractivity contribution is 9.10. The molecule has 0 bridgehead atoms. The number of aromatic nitrogens is 3. The van der Waals surface area contributed by atoms with Gasteiger partial charge in [0.15, 0.2) is 0 Å². The number of hydrazone groups is 1. The molecule has 29 heavy (non-hydrogen) atoms. The zero-order valence-electron chi connectivity index (χ0n) is 16.0. The van der Waals surface area contributed by atoms with E-state index in [2.05, 4.69) is 36.5 Å². The van der Waals surface area contributed by atoms with E-state index in [9.17, 15) is 4.79 Å². The standard InChI is InChI=1S/C19H20BrN5O3S/c1-3-28-18(26)7-16-12-29-19(23-16)24-21-8-13-4-5-17(27-2)14(6-13)10-25-11-15(20)9-22-25/h4-6,8-9,11-12H,3,7,10H2,1-2H3,(H,23,24). The monoisotopic (exact) mass is 477 g/mol. The van der Waals surface area contributed by atoms with Crippen LogP contribution in [0.2, 0.25) is 0 Å². The number of ether oxygens (including phenoxy) is 2. The van der Waals surface area contributed by atoms with Crippen LogP contribution < -0.4 is 10.2 Å². The average Bonchev–Trinajstić information content (AvgIpc) is 3.31. The fraction of sp³-hybridized carbons (Fsp3) is 0.263. The Morgan fingerprint density at radius 1 is 1.45 bits per heavy atom. The Labute approximate surface area is 180 Å². The number of benzene rings is 1. The van der Waals surface area contributed by atoms with Crippen LogP contribution in [0.4, 0.5) is 5.13 Å². The van der Waals surface area contributed by atoms with Crippen LogP contribution in [0.25, 0.3) is 0 Å². The van der Waals surface area contributed by atoms with Crippen molar-refractivity contribution in [3.63, 3.8) is 0 Å². The number of halogens is 1. The number of rotatable bonds is 9. The molecule has 0 aliphatic heterocycles. The van der Waals surface area contributed by atoms with Gasteiger partial charge in [-0.25, -0.2) is 4.98 Å². The van der Waals surface area contributed by atoms with Gasteiger partial charge >= 0.3 is 5.97 Å². The van der Waals surface area contributed by atoms with Crippen LogP contribution in [0, 0.1) is 0 Å². The molecule has 10 heteroatoms. The lowest BCUT2D eigenvalue weighted by Gasteiger charge is -2.09. The van der Waals surface area contributed by atoms with Crippen molar-refractivity contribution >= 4 is 44.6 Å². The quantitative estimate of drug-likeness (QED) is 0.287. The molecule has 2 heterocycles. The summed E-state index contributed by atoms with van der Waals surface area (Å²) in [5.41, 5.74) is 5.44. The highest BCUT2D eigenvalue weighted by atomic mass is 79.9. The zero-order valence-corrected chi connectivity index (χ0v) is 18.4. The Balaban J connectivity index is 1.64. The minimum absolute atomic E-state index is 0.154. The van der Waals surface area contributed by atoms with Gasteiger partial charge in [0.2, 0.25) is 5.13 Å². The van der Waals surface area contributed by atoms with Gasteiger partial charge in [0.1, 0.15) is 5.75 Å². The molecule has 152 valence electrons. The summed E-state index contributed by atoms with van der Waals surface area (Å²) in [7, 11) is 1.64. The van der Waals surface area contributed by atoms with Gasteiger partial charge in [-0.2, -0.15) is 10.2 Å². The van der Waals surface area contributed by atoms with Crippen molar-refractivity contribution in [2.45, 2.75) is 19.9 Å². The summed E-state index contributed by atoms with van der Waals surface area (Å²) in [6, 6.07) is 5.81. The van der Waals surface area contributed by atoms with Gasteiger partial charge in [0.25, 0.3) is 0 Å². The molecule has 0 saturated heterocycles. The lowest BCUT2D eigenvalue weighted by Crippen LogP contribution is -2.07. The van der Waals surface area contributed by atoms with Crippen LogP contribution in [0.5, 0.6) is 5.75 Å². The van der Waals surface area contributed by atoms with Crippen molar-refractivity contribution in [3.8, 4) is 5.75 Å². The number of nitrogens with zero attached hydrogens (tertiary/aromatic N) is 4. The van der Waals surface area contributed by atoms with E-state index in [0.29, 0.717) is 24.0 Å². The summed E-state index contributed by atoms with van der Waals surface area (Å²) in [5.74, 6) is 0.494. The molecule has 0 unspecified atom stereocenters. The van der Waals surface area contributed by atoms with Gasteiger partial charge in [0, 0.05) is 17.1 Å². The molecule has 2 aromatic heterocycles. The van der Waals surface area contributed by atoms with E-state index in [1.54, 1.807) is 26.4 Å². The molecule has 0 radical (unpaired) electrons. The zero-order chi connectivity index (χ0) is 20.6. The number of thiazole rings is 1.